The van der Waals surface area contributed by atoms with E-state index in [0.29, 0.717) is 19.6 Å². The maximum absolute atomic E-state index is 12.8. The smallest absolute Gasteiger partial charge is 0.271 e. The predicted molar refractivity (Wildman–Crippen MR) is 101 cm³/mol. The van der Waals surface area contributed by atoms with Crippen molar-refractivity contribution in [1.29, 1.82) is 0 Å². The second-order valence-corrected chi connectivity index (χ2v) is 7.33. The summed E-state index contributed by atoms with van der Waals surface area (Å²) in [4.78, 5) is 46.5. The SMILES string of the molecule is COc1ccc([C@H]2[C@@H]3CN(C(=O)c4cncc(=O)[nH]4)C[C@@H]3CN2C(C)=O)cc1. The number of carbonyl (C=O) groups excluding carboxylic acids is 2. The lowest BCUT2D eigenvalue weighted by Gasteiger charge is -2.29. The zero-order valence-corrected chi connectivity index (χ0v) is 15.8. The fraction of sp³-hybridized carbons (Fsp3) is 0.400. The van der Waals surface area contributed by atoms with Crippen molar-refractivity contribution in [3.05, 3.63) is 58.3 Å². The lowest BCUT2D eigenvalue weighted by atomic mass is 9.89. The monoisotopic (exact) mass is 382 g/mol. The maximum Gasteiger partial charge on any atom is 0.271 e. The summed E-state index contributed by atoms with van der Waals surface area (Å²) >= 11 is 0. The van der Waals surface area contributed by atoms with Gasteiger partial charge in [-0.2, -0.15) is 0 Å². The molecule has 2 aliphatic heterocycles. The van der Waals surface area contributed by atoms with Gasteiger partial charge in [0.05, 0.1) is 25.5 Å². The molecule has 0 unspecified atom stereocenters. The van der Waals surface area contributed by atoms with E-state index in [1.54, 1.807) is 18.9 Å². The summed E-state index contributed by atoms with van der Waals surface area (Å²) in [6.07, 6.45) is 2.51. The lowest BCUT2D eigenvalue weighted by Crippen LogP contribution is -2.37. The highest BCUT2D eigenvalue weighted by atomic mass is 16.5. The van der Waals surface area contributed by atoms with E-state index in [1.807, 2.05) is 29.2 Å². The molecule has 3 heterocycles. The van der Waals surface area contributed by atoms with Gasteiger partial charge in [0.2, 0.25) is 5.91 Å². The first-order valence-corrected chi connectivity index (χ1v) is 9.22. The summed E-state index contributed by atoms with van der Waals surface area (Å²) in [5.74, 6) is 0.900. The largest absolute Gasteiger partial charge is 0.497 e. The molecule has 2 fully saturated rings. The molecule has 1 aromatic heterocycles. The van der Waals surface area contributed by atoms with Crippen LogP contribution in [-0.2, 0) is 4.79 Å². The van der Waals surface area contributed by atoms with Gasteiger partial charge >= 0.3 is 0 Å². The van der Waals surface area contributed by atoms with E-state index in [0.717, 1.165) is 17.5 Å². The molecule has 0 saturated carbocycles. The van der Waals surface area contributed by atoms with E-state index in [4.69, 9.17) is 4.74 Å². The van der Waals surface area contributed by atoms with Gasteiger partial charge in [0.15, 0.2) is 0 Å². The topological polar surface area (TPSA) is 95.6 Å². The maximum atomic E-state index is 12.8. The van der Waals surface area contributed by atoms with Gasteiger partial charge in [-0.05, 0) is 17.7 Å². The van der Waals surface area contributed by atoms with Crippen LogP contribution in [-0.4, -0.2) is 58.3 Å². The fourth-order valence-electron chi connectivity index (χ4n) is 4.42. The van der Waals surface area contributed by atoms with Crippen LogP contribution >= 0.6 is 0 Å². The summed E-state index contributed by atoms with van der Waals surface area (Å²) in [6.45, 7) is 3.28. The Kier molecular flexibility index (Phi) is 4.62. The van der Waals surface area contributed by atoms with Gasteiger partial charge in [-0.1, -0.05) is 12.1 Å². The molecule has 3 atom stereocenters. The molecule has 1 N–H and O–H groups in total. The quantitative estimate of drug-likeness (QED) is 0.857. The predicted octanol–water partition coefficient (Wildman–Crippen LogP) is 1.07. The van der Waals surface area contributed by atoms with Crippen molar-refractivity contribution in [2.75, 3.05) is 26.7 Å². The van der Waals surface area contributed by atoms with Crippen LogP contribution in [0.5, 0.6) is 5.75 Å². The minimum absolute atomic E-state index is 0.0321. The number of nitrogens with one attached hydrogen (secondary N) is 1. The Morgan fingerprint density at radius 1 is 1.14 bits per heavy atom. The number of H-pyrrole nitrogens is 1. The Bertz CT molecular complexity index is 955. The van der Waals surface area contributed by atoms with Crippen LogP contribution < -0.4 is 10.3 Å². The summed E-state index contributed by atoms with van der Waals surface area (Å²) in [5.41, 5.74) is 0.827. The van der Waals surface area contributed by atoms with Crippen LogP contribution in [0.3, 0.4) is 0 Å². The van der Waals surface area contributed by atoms with Crippen LogP contribution in [0.15, 0.2) is 41.5 Å². The van der Waals surface area contributed by atoms with Crippen LogP contribution in [0.1, 0.15) is 29.0 Å². The van der Waals surface area contributed by atoms with Crippen LogP contribution in [0.4, 0.5) is 0 Å². The Morgan fingerprint density at radius 2 is 1.89 bits per heavy atom. The number of aromatic nitrogens is 2. The first-order valence-electron chi connectivity index (χ1n) is 9.22. The minimum atomic E-state index is -0.399. The Hall–Kier alpha value is -3.16. The molecule has 2 aliphatic rings. The van der Waals surface area contributed by atoms with E-state index in [-0.39, 0.29) is 35.4 Å². The molecule has 1 aromatic carbocycles. The van der Waals surface area contributed by atoms with Gasteiger partial charge < -0.3 is 19.5 Å². The molecule has 28 heavy (non-hydrogen) atoms. The molecule has 8 nitrogen and oxygen atoms in total. The first kappa shape index (κ1) is 18.2. The third-order valence-corrected chi connectivity index (χ3v) is 5.70. The second kappa shape index (κ2) is 7.10. The third kappa shape index (κ3) is 3.15. The van der Waals surface area contributed by atoms with E-state index in [2.05, 4.69) is 9.97 Å². The summed E-state index contributed by atoms with van der Waals surface area (Å²) in [5, 5.41) is 0. The number of carbonyl (C=O) groups is 2. The van der Waals surface area contributed by atoms with E-state index in [9.17, 15) is 14.4 Å². The fourth-order valence-corrected chi connectivity index (χ4v) is 4.42. The molecule has 8 heteroatoms. The van der Waals surface area contributed by atoms with Gasteiger partial charge in [-0.3, -0.25) is 19.4 Å². The van der Waals surface area contributed by atoms with Crippen LogP contribution in [0.2, 0.25) is 0 Å². The Morgan fingerprint density at radius 3 is 2.54 bits per heavy atom. The van der Waals surface area contributed by atoms with Gasteiger partial charge in [0.25, 0.3) is 11.5 Å². The highest BCUT2D eigenvalue weighted by molar-refractivity contribution is 5.92. The van der Waals surface area contributed by atoms with Crippen molar-refractivity contribution in [1.82, 2.24) is 19.8 Å². The van der Waals surface area contributed by atoms with Gasteiger partial charge in [-0.25, -0.2) is 0 Å². The molecule has 0 bridgehead atoms. The van der Waals surface area contributed by atoms with Gasteiger partial charge in [0.1, 0.15) is 11.4 Å². The Balaban J connectivity index is 1.59. The number of likely N-dealkylation sites (tertiary alicyclic amines) is 2. The van der Waals surface area contributed by atoms with Crippen LogP contribution in [0.25, 0.3) is 0 Å². The van der Waals surface area contributed by atoms with Crippen LogP contribution in [0, 0.1) is 11.8 Å². The molecule has 0 spiro atoms. The van der Waals surface area contributed by atoms with Crippen molar-refractivity contribution in [2.24, 2.45) is 11.8 Å². The minimum Gasteiger partial charge on any atom is -0.497 e. The van der Waals surface area contributed by atoms with Crippen molar-refractivity contribution in [3.8, 4) is 5.75 Å². The number of benzene rings is 1. The number of hydrogen-bond acceptors (Lipinski definition) is 5. The molecular formula is C20H22N4O4. The first-order chi connectivity index (χ1) is 13.5. The second-order valence-electron chi connectivity index (χ2n) is 7.33. The van der Waals surface area contributed by atoms with Crippen molar-refractivity contribution in [3.63, 3.8) is 0 Å². The highest BCUT2D eigenvalue weighted by Crippen LogP contribution is 2.45. The van der Waals surface area contributed by atoms with Gasteiger partial charge in [0, 0.05) is 38.4 Å². The highest BCUT2D eigenvalue weighted by Gasteiger charge is 2.49. The number of amides is 2. The zero-order valence-electron chi connectivity index (χ0n) is 15.8. The molecule has 0 aliphatic carbocycles. The summed E-state index contributed by atoms with van der Waals surface area (Å²) in [7, 11) is 1.62. The van der Waals surface area contributed by atoms with E-state index < -0.39 is 5.56 Å². The molecule has 146 valence electrons. The summed E-state index contributed by atoms with van der Waals surface area (Å²) < 4.78 is 5.23. The number of ether oxygens (including phenoxy) is 1. The zero-order chi connectivity index (χ0) is 19.8. The number of hydrogen-bond donors (Lipinski definition) is 1. The standard InChI is InChI=1S/C20H22N4O4/c1-12(25)24-10-14-9-23(20(27)17-7-21-8-18(26)22-17)11-16(14)19(24)13-3-5-15(28-2)6-4-13/h3-8,14,16,19H,9-11H2,1-2H3,(H,22,26)/t14-,16-,19+/m1/s1. The lowest BCUT2D eigenvalue weighted by molar-refractivity contribution is -0.130. The molecule has 2 aromatic rings. The number of nitrogens with zero attached hydrogens (tertiary/aromatic N) is 3. The molecule has 4 rings (SSSR count). The molecule has 2 amide bonds. The average Bonchev–Trinajstić information content (AvgIpc) is 3.25. The normalized spacial score (nSPS) is 23.6. The number of fused-ring (bicyclic) bond motifs is 1. The van der Waals surface area contributed by atoms with Crippen molar-refractivity contribution >= 4 is 11.8 Å². The summed E-state index contributed by atoms with van der Waals surface area (Å²) in [6, 6.07) is 7.65. The van der Waals surface area contributed by atoms with Crippen molar-refractivity contribution < 1.29 is 14.3 Å². The van der Waals surface area contributed by atoms with Crippen molar-refractivity contribution in [2.45, 2.75) is 13.0 Å². The molecule has 0 radical (unpaired) electrons. The third-order valence-electron chi connectivity index (χ3n) is 5.70. The van der Waals surface area contributed by atoms with E-state index in [1.165, 1.54) is 6.20 Å². The Labute approximate surface area is 162 Å². The average molecular weight is 382 g/mol. The molecule has 2 saturated heterocycles. The number of methoxy groups -OCH3 is 1. The number of rotatable bonds is 3. The number of aromatic amines is 1. The van der Waals surface area contributed by atoms with Gasteiger partial charge in [-0.15, -0.1) is 0 Å². The molecular weight excluding hydrogens is 360 g/mol. The van der Waals surface area contributed by atoms with E-state index >= 15 is 0 Å².